The van der Waals surface area contributed by atoms with Crippen LogP contribution in [-0.4, -0.2) is 35.7 Å². The first-order chi connectivity index (χ1) is 4.75. The SMILES string of the molecule is CCCC1C(O)CCN1C. The molecule has 1 rings (SSSR count). The van der Waals surface area contributed by atoms with Crippen LogP contribution in [0.5, 0.6) is 0 Å². The standard InChI is InChI=1S/C8H17NO/c1-3-4-7-8(10)5-6-9(7)2/h7-8,10H,3-6H2,1-2H3. The monoisotopic (exact) mass is 143 g/mol. The summed E-state index contributed by atoms with van der Waals surface area (Å²) in [6.07, 6.45) is 3.20. The highest BCUT2D eigenvalue weighted by Crippen LogP contribution is 2.19. The van der Waals surface area contributed by atoms with Gasteiger partial charge in [0.1, 0.15) is 0 Å². The van der Waals surface area contributed by atoms with Crippen LogP contribution in [0.1, 0.15) is 26.2 Å². The van der Waals surface area contributed by atoms with Crippen LogP contribution in [0.3, 0.4) is 0 Å². The highest BCUT2D eigenvalue weighted by atomic mass is 16.3. The van der Waals surface area contributed by atoms with Gasteiger partial charge in [-0.25, -0.2) is 0 Å². The number of likely N-dealkylation sites (N-methyl/N-ethyl adjacent to an activating group) is 1. The summed E-state index contributed by atoms with van der Waals surface area (Å²) in [4.78, 5) is 2.26. The van der Waals surface area contributed by atoms with Crippen molar-refractivity contribution < 1.29 is 5.11 Å². The molecule has 2 nitrogen and oxygen atoms in total. The molecule has 60 valence electrons. The van der Waals surface area contributed by atoms with Gasteiger partial charge in [0.2, 0.25) is 0 Å². The predicted octanol–water partition coefficient (Wildman–Crippen LogP) is 0.851. The van der Waals surface area contributed by atoms with Gasteiger partial charge in [0, 0.05) is 12.6 Å². The summed E-state index contributed by atoms with van der Waals surface area (Å²) in [6.45, 7) is 3.23. The first kappa shape index (κ1) is 8.02. The fourth-order valence-electron chi connectivity index (χ4n) is 1.70. The van der Waals surface area contributed by atoms with Crippen molar-refractivity contribution in [3.8, 4) is 0 Å². The van der Waals surface area contributed by atoms with Gasteiger partial charge in [0.15, 0.2) is 0 Å². The van der Waals surface area contributed by atoms with E-state index in [0.717, 1.165) is 19.4 Å². The smallest absolute Gasteiger partial charge is 0.0707 e. The minimum atomic E-state index is -0.0649. The van der Waals surface area contributed by atoms with E-state index in [-0.39, 0.29) is 6.10 Å². The molecule has 0 spiro atoms. The van der Waals surface area contributed by atoms with Crippen molar-refractivity contribution in [2.45, 2.75) is 38.3 Å². The van der Waals surface area contributed by atoms with Crippen LogP contribution in [0.4, 0.5) is 0 Å². The number of hydrogen-bond donors (Lipinski definition) is 1. The Balaban J connectivity index is 2.38. The lowest BCUT2D eigenvalue weighted by Crippen LogP contribution is -2.31. The molecule has 0 amide bonds. The van der Waals surface area contributed by atoms with Gasteiger partial charge in [0.25, 0.3) is 0 Å². The van der Waals surface area contributed by atoms with Gasteiger partial charge in [-0.1, -0.05) is 13.3 Å². The molecule has 2 heteroatoms. The maximum atomic E-state index is 9.45. The third-order valence-corrected chi connectivity index (χ3v) is 2.37. The Hall–Kier alpha value is -0.0800. The second-order valence-electron chi connectivity index (χ2n) is 3.19. The normalized spacial score (nSPS) is 35.1. The van der Waals surface area contributed by atoms with E-state index >= 15 is 0 Å². The average Bonchev–Trinajstić information content (AvgIpc) is 2.20. The predicted molar refractivity (Wildman–Crippen MR) is 41.9 cm³/mol. The number of nitrogens with zero attached hydrogens (tertiary/aromatic N) is 1. The van der Waals surface area contributed by atoms with Crippen LogP contribution in [0.25, 0.3) is 0 Å². The Bertz CT molecular complexity index is 95.4. The van der Waals surface area contributed by atoms with Crippen LogP contribution < -0.4 is 0 Å². The fourth-order valence-corrected chi connectivity index (χ4v) is 1.70. The summed E-state index contributed by atoms with van der Waals surface area (Å²) >= 11 is 0. The molecule has 2 unspecified atom stereocenters. The van der Waals surface area contributed by atoms with Crippen molar-refractivity contribution in [2.75, 3.05) is 13.6 Å². The molecule has 0 radical (unpaired) electrons. The Morgan fingerprint density at radius 1 is 1.60 bits per heavy atom. The molecular formula is C8H17NO. The van der Waals surface area contributed by atoms with Crippen LogP contribution >= 0.6 is 0 Å². The lowest BCUT2D eigenvalue weighted by atomic mass is 10.1. The molecule has 0 aromatic carbocycles. The first-order valence-electron chi connectivity index (χ1n) is 4.14. The largest absolute Gasteiger partial charge is 0.391 e. The fraction of sp³-hybridized carbons (Fsp3) is 1.00. The van der Waals surface area contributed by atoms with Crippen LogP contribution in [-0.2, 0) is 0 Å². The van der Waals surface area contributed by atoms with Gasteiger partial charge in [-0.2, -0.15) is 0 Å². The summed E-state index contributed by atoms with van der Waals surface area (Å²) in [5.74, 6) is 0. The zero-order valence-electron chi connectivity index (χ0n) is 6.88. The number of rotatable bonds is 2. The minimum absolute atomic E-state index is 0.0649. The maximum Gasteiger partial charge on any atom is 0.0707 e. The van der Waals surface area contributed by atoms with Crippen LogP contribution in [0.2, 0.25) is 0 Å². The average molecular weight is 143 g/mol. The van der Waals surface area contributed by atoms with Crippen molar-refractivity contribution in [1.29, 1.82) is 0 Å². The molecule has 0 aromatic rings. The molecule has 1 aliphatic rings. The molecule has 1 heterocycles. The topological polar surface area (TPSA) is 23.5 Å². The summed E-state index contributed by atoms with van der Waals surface area (Å²) in [7, 11) is 2.09. The van der Waals surface area contributed by atoms with Gasteiger partial charge in [-0.15, -0.1) is 0 Å². The van der Waals surface area contributed by atoms with E-state index in [0.29, 0.717) is 6.04 Å². The van der Waals surface area contributed by atoms with Crippen LogP contribution in [0, 0.1) is 0 Å². The molecule has 1 fully saturated rings. The van der Waals surface area contributed by atoms with E-state index in [4.69, 9.17) is 0 Å². The molecule has 1 N–H and O–H groups in total. The van der Waals surface area contributed by atoms with Crippen molar-refractivity contribution in [3.63, 3.8) is 0 Å². The van der Waals surface area contributed by atoms with E-state index in [9.17, 15) is 5.11 Å². The molecule has 2 atom stereocenters. The number of aliphatic hydroxyl groups excluding tert-OH is 1. The Morgan fingerprint density at radius 3 is 2.70 bits per heavy atom. The van der Waals surface area contributed by atoms with Gasteiger partial charge in [-0.3, -0.25) is 0 Å². The highest BCUT2D eigenvalue weighted by Gasteiger charge is 2.28. The quantitative estimate of drug-likeness (QED) is 0.619. The third kappa shape index (κ3) is 1.50. The molecule has 0 saturated carbocycles. The molecule has 0 aromatic heterocycles. The summed E-state index contributed by atoms with van der Waals surface area (Å²) in [5, 5.41) is 9.45. The lowest BCUT2D eigenvalue weighted by molar-refractivity contribution is 0.121. The van der Waals surface area contributed by atoms with Crippen molar-refractivity contribution in [2.24, 2.45) is 0 Å². The molecule has 0 bridgehead atoms. The molecule has 0 aliphatic carbocycles. The molecular weight excluding hydrogens is 126 g/mol. The molecule has 10 heavy (non-hydrogen) atoms. The van der Waals surface area contributed by atoms with Gasteiger partial charge in [-0.05, 0) is 19.9 Å². The van der Waals surface area contributed by atoms with Crippen molar-refractivity contribution >= 4 is 0 Å². The summed E-state index contributed by atoms with van der Waals surface area (Å²) in [5.41, 5.74) is 0. The second kappa shape index (κ2) is 3.35. The van der Waals surface area contributed by atoms with E-state index in [1.54, 1.807) is 0 Å². The number of aliphatic hydroxyl groups is 1. The van der Waals surface area contributed by atoms with Crippen molar-refractivity contribution in [1.82, 2.24) is 4.90 Å². The maximum absolute atomic E-state index is 9.45. The molecule has 1 saturated heterocycles. The second-order valence-corrected chi connectivity index (χ2v) is 3.19. The van der Waals surface area contributed by atoms with E-state index in [1.165, 1.54) is 6.42 Å². The molecule has 1 aliphatic heterocycles. The van der Waals surface area contributed by atoms with E-state index in [1.807, 2.05) is 0 Å². The van der Waals surface area contributed by atoms with Crippen molar-refractivity contribution in [3.05, 3.63) is 0 Å². The van der Waals surface area contributed by atoms with Gasteiger partial charge >= 0.3 is 0 Å². The Labute approximate surface area is 62.8 Å². The van der Waals surface area contributed by atoms with Gasteiger partial charge < -0.3 is 10.0 Å². The van der Waals surface area contributed by atoms with E-state index in [2.05, 4.69) is 18.9 Å². The number of hydrogen-bond acceptors (Lipinski definition) is 2. The summed E-state index contributed by atoms with van der Waals surface area (Å²) < 4.78 is 0. The minimum Gasteiger partial charge on any atom is -0.391 e. The summed E-state index contributed by atoms with van der Waals surface area (Å²) in [6, 6.07) is 0.435. The Kier molecular flexibility index (Phi) is 2.69. The third-order valence-electron chi connectivity index (χ3n) is 2.37. The number of likely N-dealkylation sites (tertiary alicyclic amines) is 1. The Morgan fingerprint density at radius 2 is 2.30 bits per heavy atom. The highest BCUT2D eigenvalue weighted by molar-refractivity contribution is 4.83. The zero-order chi connectivity index (χ0) is 7.56. The lowest BCUT2D eigenvalue weighted by Gasteiger charge is -2.20. The van der Waals surface area contributed by atoms with Crippen LogP contribution in [0.15, 0.2) is 0 Å². The van der Waals surface area contributed by atoms with E-state index < -0.39 is 0 Å². The first-order valence-corrected chi connectivity index (χ1v) is 4.14. The van der Waals surface area contributed by atoms with Gasteiger partial charge in [0.05, 0.1) is 6.10 Å². The zero-order valence-corrected chi connectivity index (χ0v) is 6.88.